The molecule has 0 aliphatic carbocycles. The number of nitrogens with zero attached hydrogens (tertiary/aromatic N) is 7. The van der Waals surface area contributed by atoms with Gasteiger partial charge in [-0.25, -0.2) is 4.98 Å². The van der Waals surface area contributed by atoms with E-state index in [0.29, 0.717) is 26.2 Å². The Morgan fingerprint density at radius 2 is 1.97 bits per heavy atom. The summed E-state index contributed by atoms with van der Waals surface area (Å²) >= 11 is 0. The summed E-state index contributed by atoms with van der Waals surface area (Å²) in [6.45, 7) is 4.42. The Bertz CT molecular complexity index is 875. The van der Waals surface area contributed by atoms with Crippen molar-refractivity contribution in [1.82, 2.24) is 25.0 Å². The van der Waals surface area contributed by atoms with Gasteiger partial charge in [0.1, 0.15) is 12.4 Å². The van der Waals surface area contributed by atoms with E-state index in [1.54, 1.807) is 22.8 Å². The summed E-state index contributed by atoms with van der Waals surface area (Å²) in [5, 5.41) is 7.51. The van der Waals surface area contributed by atoms with Gasteiger partial charge in [0.2, 0.25) is 5.91 Å². The number of aliphatic imine (C=N–C) groups is 1. The van der Waals surface area contributed by atoms with Crippen LogP contribution in [-0.4, -0.2) is 71.3 Å². The molecule has 2 fully saturated rings. The number of aryl methyl sites for hydroxylation is 1. The summed E-state index contributed by atoms with van der Waals surface area (Å²) in [5.74, 6) is 1.82. The molecule has 1 amide bonds. The fourth-order valence-electron chi connectivity index (χ4n) is 3.84. The first kappa shape index (κ1) is 22.3. The summed E-state index contributed by atoms with van der Waals surface area (Å²) in [7, 11) is 3.59. The predicted molar refractivity (Wildman–Crippen MR) is 128 cm³/mol. The van der Waals surface area contributed by atoms with Crippen LogP contribution in [0.15, 0.2) is 35.7 Å². The first-order valence-corrected chi connectivity index (χ1v) is 10.1. The highest BCUT2D eigenvalue weighted by Crippen LogP contribution is 2.18. The Morgan fingerprint density at radius 1 is 1.17 bits per heavy atom. The number of nitrogens with one attached hydrogen (secondary N) is 1. The molecule has 4 heterocycles. The van der Waals surface area contributed by atoms with Gasteiger partial charge in [0.25, 0.3) is 0 Å². The van der Waals surface area contributed by atoms with Gasteiger partial charge in [-0.3, -0.25) is 14.5 Å². The fourth-order valence-corrected chi connectivity index (χ4v) is 3.84. The quantitative estimate of drug-likeness (QED) is 0.371. The third kappa shape index (κ3) is 5.02. The van der Waals surface area contributed by atoms with Crippen LogP contribution in [0.4, 0.5) is 11.5 Å². The molecular formula is C20H29IN8O. The van der Waals surface area contributed by atoms with Crippen LogP contribution >= 0.6 is 24.0 Å². The largest absolute Gasteiger partial charge is 0.357 e. The van der Waals surface area contributed by atoms with Crippen molar-refractivity contribution in [1.29, 1.82) is 0 Å². The number of halogens is 1. The Hall–Kier alpha value is -2.37. The summed E-state index contributed by atoms with van der Waals surface area (Å²) in [5.41, 5.74) is 1.93. The maximum absolute atomic E-state index is 12.6. The van der Waals surface area contributed by atoms with Crippen LogP contribution in [0.3, 0.4) is 0 Å². The van der Waals surface area contributed by atoms with Gasteiger partial charge in [-0.1, -0.05) is 6.07 Å². The third-order valence-corrected chi connectivity index (χ3v) is 5.42. The van der Waals surface area contributed by atoms with Crippen molar-refractivity contribution in [3.05, 3.63) is 36.3 Å². The van der Waals surface area contributed by atoms with E-state index >= 15 is 0 Å². The van der Waals surface area contributed by atoms with E-state index in [-0.39, 0.29) is 29.9 Å². The number of guanidine groups is 1. The summed E-state index contributed by atoms with van der Waals surface area (Å²) in [4.78, 5) is 27.7. The van der Waals surface area contributed by atoms with E-state index < -0.39 is 0 Å². The lowest BCUT2D eigenvalue weighted by atomic mass is 10.2. The zero-order valence-electron chi connectivity index (χ0n) is 17.5. The molecule has 0 aromatic carbocycles. The normalized spacial score (nSPS) is 17.3. The molecule has 10 heteroatoms. The molecule has 0 unspecified atom stereocenters. The molecule has 162 valence electrons. The molecule has 30 heavy (non-hydrogen) atoms. The van der Waals surface area contributed by atoms with Crippen molar-refractivity contribution in [2.45, 2.75) is 19.4 Å². The molecule has 0 radical (unpaired) electrons. The molecule has 0 atom stereocenters. The molecule has 1 N–H and O–H groups in total. The summed E-state index contributed by atoms with van der Waals surface area (Å²) in [6.07, 6.45) is 7.99. The molecule has 0 spiro atoms. The van der Waals surface area contributed by atoms with Crippen LogP contribution in [-0.2, 0) is 18.4 Å². The number of piperazine rings is 1. The van der Waals surface area contributed by atoms with Crippen molar-refractivity contribution in [3.8, 4) is 0 Å². The van der Waals surface area contributed by atoms with E-state index in [9.17, 15) is 4.79 Å². The van der Waals surface area contributed by atoms with Crippen molar-refractivity contribution in [2.75, 3.05) is 49.6 Å². The van der Waals surface area contributed by atoms with E-state index in [1.165, 1.54) is 12.8 Å². The lowest BCUT2D eigenvalue weighted by molar-refractivity contribution is -0.120. The Balaban J connectivity index is 0.00000256. The Labute approximate surface area is 194 Å². The lowest BCUT2D eigenvalue weighted by Gasteiger charge is -2.35. The van der Waals surface area contributed by atoms with Crippen LogP contribution in [0.5, 0.6) is 0 Å². The Morgan fingerprint density at radius 3 is 2.57 bits per heavy atom. The number of pyridine rings is 1. The number of hydrogen-bond acceptors (Lipinski definition) is 5. The van der Waals surface area contributed by atoms with E-state index in [1.807, 2.05) is 24.3 Å². The molecule has 0 saturated carbocycles. The van der Waals surface area contributed by atoms with Crippen LogP contribution in [0, 0.1) is 0 Å². The van der Waals surface area contributed by atoms with Crippen LogP contribution < -0.4 is 15.1 Å². The average Bonchev–Trinajstić information content (AvgIpc) is 3.41. The van der Waals surface area contributed by atoms with Gasteiger partial charge in [0.15, 0.2) is 5.96 Å². The molecule has 2 aromatic rings. The van der Waals surface area contributed by atoms with Crippen molar-refractivity contribution >= 4 is 47.3 Å². The van der Waals surface area contributed by atoms with Gasteiger partial charge in [-0.05, 0) is 24.5 Å². The minimum Gasteiger partial charge on any atom is -0.357 e. The van der Waals surface area contributed by atoms with Crippen LogP contribution in [0.25, 0.3) is 0 Å². The second kappa shape index (κ2) is 10.1. The third-order valence-electron chi connectivity index (χ3n) is 5.42. The lowest BCUT2D eigenvalue weighted by Crippen LogP contribution is -2.55. The summed E-state index contributed by atoms with van der Waals surface area (Å²) < 4.78 is 1.71. The van der Waals surface area contributed by atoms with Crippen LogP contribution in [0.2, 0.25) is 0 Å². The maximum atomic E-state index is 12.6. The van der Waals surface area contributed by atoms with Gasteiger partial charge in [-0.15, -0.1) is 24.0 Å². The second-order valence-corrected chi connectivity index (χ2v) is 7.46. The molecule has 2 aliphatic heterocycles. The summed E-state index contributed by atoms with van der Waals surface area (Å²) in [6, 6.07) is 4.19. The highest BCUT2D eigenvalue weighted by atomic mass is 127. The van der Waals surface area contributed by atoms with Gasteiger partial charge in [-0.2, -0.15) is 5.10 Å². The monoisotopic (exact) mass is 524 g/mol. The number of aromatic nitrogens is 3. The number of carbonyl (C=O) groups is 1. The molecular weight excluding hydrogens is 495 g/mol. The van der Waals surface area contributed by atoms with Gasteiger partial charge in [0, 0.05) is 59.2 Å². The fraction of sp³-hybridized carbons (Fsp3) is 0.500. The minimum atomic E-state index is 0. The Kier molecular flexibility index (Phi) is 7.51. The number of hydrogen-bond donors (Lipinski definition) is 1. The zero-order valence-corrected chi connectivity index (χ0v) is 19.8. The smallest absolute Gasteiger partial charge is 0.246 e. The second-order valence-electron chi connectivity index (χ2n) is 7.46. The SMILES string of the molecule is CN=C(NCc1ccc(N2CCCC2)nc1)N1CCN(c2cnn(C)c2)C(=O)C1.I. The highest BCUT2D eigenvalue weighted by molar-refractivity contribution is 14.0. The molecule has 2 aliphatic rings. The maximum Gasteiger partial charge on any atom is 0.246 e. The van der Waals surface area contributed by atoms with E-state index in [4.69, 9.17) is 0 Å². The molecule has 9 nitrogen and oxygen atoms in total. The number of carbonyl (C=O) groups excluding carboxylic acids is 1. The van der Waals surface area contributed by atoms with Gasteiger partial charge < -0.3 is 20.0 Å². The number of anilines is 2. The molecule has 4 rings (SSSR count). The zero-order chi connectivity index (χ0) is 20.2. The first-order chi connectivity index (χ1) is 14.1. The predicted octanol–water partition coefficient (Wildman–Crippen LogP) is 1.46. The van der Waals surface area contributed by atoms with Gasteiger partial charge in [0.05, 0.1) is 11.9 Å². The average molecular weight is 524 g/mol. The van der Waals surface area contributed by atoms with Gasteiger partial charge >= 0.3 is 0 Å². The molecule has 0 bridgehead atoms. The first-order valence-electron chi connectivity index (χ1n) is 10.1. The van der Waals surface area contributed by atoms with Crippen LogP contribution in [0.1, 0.15) is 18.4 Å². The molecule has 2 saturated heterocycles. The topological polar surface area (TPSA) is 81.9 Å². The number of amides is 1. The highest BCUT2D eigenvalue weighted by Gasteiger charge is 2.27. The van der Waals surface area contributed by atoms with Crippen molar-refractivity contribution < 1.29 is 4.79 Å². The van der Waals surface area contributed by atoms with E-state index in [2.05, 4.69) is 37.4 Å². The van der Waals surface area contributed by atoms with Crippen molar-refractivity contribution in [2.24, 2.45) is 12.0 Å². The van der Waals surface area contributed by atoms with Crippen molar-refractivity contribution in [3.63, 3.8) is 0 Å². The minimum absolute atomic E-state index is 0. The number of rotatable bonds is 4. The standard InChI is InChI=1S/C20H28N8O.HI/c1-21-20(23-12-16-5-6-18(22-11-16)26-7-3-4-8-26)27-9-10-28(19(29)15-27)17-13-24-25(2)14-17;/h5-6,11,13-14H,3-4,7-10,12,15H2,1-2H3,(H,21,23);1H. The van der Waals surface area contributed by atoms with E-state index in [0.717, 1.165) is 36.1 Å². The molecule has 2 aromatic heterocycles.